The highest BCUT2D eigenvalue weighted by Crippen LogP contribution is 2.14. The van der Waals surface area contributed by atoms with Crippen molar-refractivity contribution in [2.24, 2.45) is 0 Å². The Morgan fingerprint density at radius 3 is 2.80 bits per heavy atom. The van der Waals surface area contributed by atoms with Gasteiger partial charge >= 0.3 is 5.69 Å². The molecule has 0 atom stereocenters. The van der Waals surface area contributed by atoms with Crippen molar-refractivity contribution in [2.45, 2.75) is 0 Å². The van der Waals surface area contributed by atoms with Crippen LogP contribution in [0.1, 0.15) is 5.56 Å². The van der Waals surface area contributed by atoms with E-state index in [1.807, 2.05) is 0 Å². The zero-order valence-corrected chi connectivity index (χ0v) is 4.87. The maximum Gasteiger partial charge on any atom is 0.304 e. The zero-order valence-electron chi connectivity index (χ0n) is 4.87. The molecular weight excluding hydrogens is 134 g/mol. The molecule has 1 aromatic heterocycles. The quantitative estimate of drug-likeness (QED) is 0.458. The van der Waals surface area contributed by atoms with Crippen LogP contribution in [0.3, 0.4) is 0 Å². The third kappa shape index (κ3) is 0.821. The molecule has 0 aliphatic carbocycles. The predicted molar refractivity (Wildman–Crippen MR) is 32.2 cm³/mol. The van der Waals surface area contributed by atoms with Crippen molar-refractivity contribution in [3.05, 3.63) is 28.1 Å². The van der Waals surface area contributed by atoms with Crippen LogP contribution in [-0.2, 0) is 0 Å². The highest BCUT2D eigenvalue weighted by molar-refractivity contribution is 5.45. The van der Waals surface area contributed by atoms with Gasteiger partial charge < -0.3 is 4.98 Å². The Kier molecular flexibility index (Phi) is 1.38. The van der Waals surface area contributed by atoms with Crippen molar-refractivity contribution in [1.29, 1.82) is 5.26 Å². The Morgan fingerprint density at radius 2 is 2.40 bits per heavy atom. The third-order valence-electron chi connectivity index (χ3n) is 1.04. The van der Waals surface area contributed by atoms with Crippen molar-refractivity contribution in [1.82, 2.24) is 4.98 Å². The summed E-state index contributed by atoms with van der Waals surface area (Å²) in [4.78, 5) is 11.9. The second kappa shape index (κ2) is 2.19. The Labute approximate surface area is 56.1 Å². The SMILES string of the molecule is N#Cc1c[nH]cc1[N+](=O)[O-]. The molecular formula is C5H3N3O2. The number of aromatic nitrogens is 1. The molecule has 1 aromatic rings. The first-order valence-corrected chi connectivity index (χ1v) is 2.47. The van der Waals surface area contributed by atoms with Crippen LogP contribution in [0, 0.1) is 21.4 Å². The van der Waals surface area contributed by atoms with E-state index in [0.717, 1.165) is 0 Å². The average molecular weight is 137 g/mol. The first-order valence-electron chi connectivity index (χ1n) is 2.47. The number of H-pyrrole nitrogens is 1. The Morgan fingerprint density at radius 1 is 1.70 bits per heavy atom. The van der Waals surface area contributed by atoms with Gasteiger partial charge in [0.05, 0.1) is 11.1 Å². The Hall–Kier alpha value is -1.83. The maximum atomic E-state index is 10.1. The molecule has 0 bridgehead atoms. The summed E-state index contributed by atoms with van der Waals surface area (Å²) in [5.74, 6) is 0. The number of aromatic amines is 1. The van der Waals surface area contributed by atoms with E-state index in [0.29, 0.717) is 0 Å². The molecule has 0 aliphatic heterocycles. The van der Waals surface area contributed by atoms with E-state index in [-0.39, 0.29) is 11.3 Å². The fourth-order valence-electron chi connectivity index (χ4n) is 0.596. The second-order valence-corrected chi connectivity index (χ2v) is 1.62. The van der Waals surface area contributed by atoms with Crippen molar-refractivity contribution < 1.29 is 4.92 Å². The van der Waals surface area contributed by atoms with E-state index < -0.39 is 4.92 Å². The van der Waals surface area contributed by atoms with Gasteiger partial charge in [0, 0.05) is 6.20 Å². The molecule has 1 heterocycles. The Balaban J connectivity index is 3.17. The molecule has 0 aromatic carbocycles. The van der Waals surface area contributed by atoms with Crippen LogP contribution in [0.25, 0.3) is 0 Å². The van der Waals surface area contributed by atoms with E-state index in [1.54, 1.807) is 6.07 Å². The third-order valence-corrected chi connectivity index (χ3v) is 1.04. The first kappa shape index (κ1) is 6.29. The highest BCUT2D eigenvalue weighted by Gasteiger charge is 2.12. The lowest BCUT2D eigenvalue weighted by Crippen LogP contribution is -1.86. The number of nitrogens with one attached hydrogen (secondary N) is 1. The van der Waals surface area contributed by atoms with Crippen LogP contribution in [0.4, 0.5) is 5.69 Å². The van der Waals surface area contributed by atoms with Crippen molar-refractivity contribution >= 4 is 5.69 Å². The minimum Gasteiger partial charge on any atom is -0.361 e. The molecule has 0 aliphatic rings. The van der Waals surface area contributed by atoms with Gasteiger partial charge in [0.1, 0.15) is 11.6 Å². The molecule has 50 valence electrons. The molecule has 0 saturated carbocycles. The van der Waals surface area contributed by atoms with Gasteiger partial charge in [0.2, 0.25) is 0 Å². The van der Waals surface area contributed by atoms with Gasteiger partial charge in [-0.1, -0.05) is 0 Å². The molecule has 0 saturated heterocycles. The lowest BCUT2D eigenvalue weighted by atomic mass is 10.3. The van der Waals surface area contributed by atoms with Crippen LogP contribution >= 0.6 is 0 Å². The molecule has 1 rings (SSSR count). The van der Waals surface area contributed by atoms with Crippen LogP contribution in [-0.4, -0.2) is 9.91 Å². The summed E-state index contributed by atoms with van der Waals surface area (Å²) >= 11 is 0. The summed E-state index contributed by atoms with van der Waals surface area (Å²) in [6.07, 6.45) is 2.47. The summed E-state index contributed by atoms with van der Waals surface area (Å²) in [7, 11) is 0. The number of nitro groups is 1. The largest absolute Gasteiger partial charge is 0.361 e. The summed E-state index contributed by atoms with van der Waals surface area (Å²) in [5, 5.41) is 18.4. The topological polar surface area (TPSA) is 82.7 Å². The van der Waals surface area contributed by atoms with Gasteiger partial charge in [0.15, 0.2) is 0 Å². The summed E-state index contributed by atoms with van der Waals surface area (Å²) < 4.78 is 0. The van der Waals surface area contributed by atoms with Gasteiger partial charge in [-0.25, -0.2) is 0 Å². The van der Waals surface area contributed by atoms with Crippen LogP contribution < -0.4 is 0 Å². The highest BCUT2D eigenvalue weighted by atomic mass is 16.6. The van der Waals surface area contributed by atoms with Crippen molar-refractivity contribution in [2.75, 3.05) is 0 Å². The lowest BCUT2D eigenvalue weighted by Gasteiger charge is -1.81. The number of nitriles is 1. The minimum absolute atomic E-state index is 0.0602. The second-order valence-electron chi connectivity index (χ2n) is 1.62. The minimum atomic E-state index is -0.602. The molecule has 5 heteroatoms. The van der Waals surface area contributed by atoms with Gasteiger partial charge in [-0.15, -0.1) is 0 Å². The first-order chi connectivity index (χ1) is 4.75. The fraction of sp³-hybridized carbons (Fsp3) is 0. The van der Waals surface area contributed by atoms with E-state index in [9.17, 15) is 10.1 Å². The van der Waals surface area contributed by atoms with E-state index in [4.69, 9.17) is 5.26 Å². The molecule has 0 radical (unpaired) electrons. The number of hydrogen-bond acceptors (Lipinski definition) is 3. The standard InChI is InChI=1S/C5H3N3O2/c6-1-4-2-7-3-5(4)8(9)10/h2-3,7H. The van der Waals surface area contributed by atoms with Crippen molar-refractivity contribution in [3.63, 3.8) is 0 Å². The average Bonchev–Trinajstić information content (AvgIpc) is 2.33. The lowest BCUT2D eigenvalue weighted by molar-refractivity contribution is -0.385. The van der Waals surface area contributed by atoms with Gasteiger partial charge in [0.25, 0.3) is 0 Å². The summed E-state index contributed by atoms with van der Waals surface area (Å²) in [5.41, 5.74) is -0.118. The van der Waals surface area contributed by atoms with Gasteiger partial charge in [-0.3, -0.25) is 10.1 Å². The number of nitrogens with zero attached hydrogens (tertiary/aromatic N) is 2. The predicted octanol–water partition coefficient (Wildman–Crippen LogP) is 0.795. The molecule has 1 N–H and O–H groups in total. The van der Waals surface area contributed by atoms with Gasteiger partial charge in [-0.05, 0) is 0 Å². The Bertz CT molecular complexity index is 296. The monoisotopic (exact) mass is 137 g/mol. The zero-order chi connectivity index (χ0) is 7.56. The van der Waals surface area contributed by atoms with Crippen LogP contribution in [0.5, 0.6) is 0 Å². The maximum absolute atomic E-state index is 10.1. The molecule has 0 unspecified atom stereocenters. The molecule has 10 heavy (non-hydrogen) atoms. The summed E-state index contributed by atoms with van der Waals surface area (Å²) in [6, 6.07) is 1.68. The number of rotatable bonds is 1. The van der Waals surface area contributed by atoms with Crippen LogP contribution in [0.15, 0.2) is 12.4 Å². The number of hydrogen-bond donors (Lipinski definition) is 1. The van der Waals surface area contributed by atoms with E-state index in [2.05, 4.69) is 4.98 Å². The van der Waals surface area contributed by atoms with Crippen molar-refractivity contribution in [3.8, 4) is 6.07 Å². The fourth-order valence-corrected chi connectivity index (χ4v) is 0.596. The van der Waals surface area contributed by atoms with E-state index in [1.165, 1.54) is 12.4 Å². The van der Waals surface area contributed by atoms with E-state index >= 15 is 0 Å². The van der Waals surface area contributed by atoms with Crippen LogP contribution in [0.2, 0.25) is 0 Å². The molecule has 5 nitrogen and oxygen atoms in total. The molecule has 0 fully saturated rings. The molecule has 0 spiro atoms. The molecule has 0 amide bonds. The summed E-state index contributed by atoms with van der Waals surface area (Å²) in [6.45, 7) is 0. The smallest absolute Gasteiger partial charge is 0.304 e. The normalized spacial score (nSPS) is 8.70. The van der Waals surface area contributed by atoms with Gasteiger partial charge in [-0.2, -0.15) is 5.26 Å².